The van der Waals surface area contributed by atoms with Gasteiger partial charge in [0.05, 0.1) is 0 Å². The van der Waals surface area contributed by atoms with Crippen LogP contribution in [0.4, 0.5) is 13.2 Å². The summed E-state index contributed by atoms with van der Waals surface area (Å²) in [5, 5.41) is 4.39. The molecule has 0 bridgehead atoms. The van der Waals surface area contributed by atoms with Crippen molar-refractivity contribution in [3.05, 3.63) is 77.4 Å². The standard InChI is InChI=1S/C20H16F3NO3S/c1-13-7-10-18(14(2)11-13)19(20(21,22)23)24-27-28(25,26)17-9-8-15-5-3-4-6-16(15)12-17/h3-12H,1-2H3. The van der Waals surface area contributed by atoms with E-state index >= 15 is 0 Å². The van der Waals surface area contributed by atoms with Crippen LogP contribution in [0.25, 0.3) is 10.8 Å². The topological polar surface area (TPSA) is 55.7 Å². The lowest BCUT2D eigenvalue weighted by atomic mass is 10.0. The van der Waals surface area contributed by atoms with Crippen molar-refractivity contribution < 1.29 is 25.9 Å². The Hall–Kier alpha value is -2.87. The van der Waals surface area contributed by atoms with Crippen molar-refractivity contribution in [1.82, 2.24) is 0 Å². The molecule has 8 heteroatoms. The van der Waals surface area contributed by atoms with Gasteiger partial charge >= 0.3 is 16.3 Å². The predicted octanol–water partition coefficient (Wildman–Crippen LogP) is 5.13. The predicted molar refractivity (Wildman–Crippen MR) is 101 cm³/mol. The minimum absolute atomic E-state index is 0.244. The molecule has 0 atom stereocenters. The van der Waals surface area contributed by atoms with E-state index in [4.69, 9.17) is 0 Å². The fourth-order valence-electron chi connectivity index (χ4n) is 2.79. The molecular weight excluding hydrogens is 391 g/mol. The number of alkyl halides is 3. The van der Waals surface area contributed by atoms with E-state index in [1.54, 1.807) is 43.3 Å². The van der Waals surface area contributed by atoms with Crippen LogP contribution in [0.3, 0.4) is 0 Å². The van der Waals surface area contributed by atoms with E-state index in [0.717, 1.165) is 10.9 Å². The molecule has 3 rings (SSSR count). The highest BCUT2D eigenvalue weighted by Gasteiger charge is 2.39. The molecule has 0 N–H and O–H groups in total. The maximum Gasteiger partial charge on any atom is 0.437 e. The SMILES string of the molecule is Cc1ccc(C(=NOS(=O)(=O)c2ccc3ccccc3c2)C(F)(F)F)c(C)c1. The van der Waals surface area contributed by atoms with Crippen LogP contribution in [0.1, 0.15) is 16.7 Å². The Morgan fingerprint density at radius 1 is 0.929 bits per heavy atom. The molecule has 0 aliphatic rings. The van der Waals surface area contributed by atoms with Gasteiger partial charge in [0.15, 0.2) is 5.71 Å². The minimum Gasteiger partial charge on any atom is -0.264 e. The van der Waals surface area contributed by atoms with Gasteiger partial charge in [-0.05, 0) is 42.3 Å². The number of rotatable bonds is 4. The van der Waals surface area contributed by atoms with Gasteiger partial charge in [0.1, 0.15) is 4.90 Å². The lowest BCUT2D eigenvalue weighted by Gasteiger charge is -2.13. The second kappa shape index (κ2) is 7.27. The lowest BCUT2D eigenvalue weighted by Crippen LogP contribution is -2.26. The van der Waals surface area contributed by atoms with Crippen LogP contribution in [0.15, 0.2) is 70.7 Å². The first kappa shape index (κ1) is 19.9. The molecule has 0 aliphatic heterocycles. The molecule has 3 aromatic carbocycles. The maximum absolute atomic E-state index is 13.5. The molecule has 0 aromatic heterocycles. The van der Waals surface area contributed by atoms with Gasteiger partial charge in [0.25, 0.3) is 0 Å². The van der Waals surface area contributed by atoms with Crippen LogP contribution >= 0.6 is 0 Å². The third kappa shape index (κ3) is 4.17. The number of oxime groups is 1. The molecule has 3 aromatic rings. The molecule has 28 heavy (non-hydrogen) atoms. The lowest BCUT2D eigenvalue weighted by molar-refractivity contribution is -0.0597. The minimum atomic E-state index is -4.89. The summed E-state index contributed by atoms with van der Waals surface area (Å²) in [5.74, 6) is 0. The van der Waals surface area contributed by atoms with Crippen molar-refractivity contribution in [3.8, 4) is 0 Å². The smallest absolute Gasteiger partial charge is 0.264 e. The number of hydrogen-bond acceptors (Lipinski definition) is 4. The van der Waals surface area contributed by atoms with Gasteiger partial charge in [-0.15, -0.1) is 0 Å². The van der Waals surface area contributed by atoms with Gasteiger partial charge in [-0.1, -0.05) is 59.3 Å². The molecule has 0 fully saturated rings. The molecule has 0 aliphatic carbocycles. The van der Waals surface area contributed by atoms with Crippen LogP contribution < -0.4 is 0 Å². The van der Waals surface area contributed by atoms with E-state index in [9.17, 15) is 21.6 Å². The summed E-state index contributed by atoms with van der Waals surface area (Å²) in [6.45, 7) is 3.23. The number of aryl methyl sites for hydroxylation is 2. The van der Waals surface area contributed by atoms with Crippen LogP contribution in [-0.2, 0) is 14.4 Å². The average molecular weight is 407 g/mol. The zero-order valence-electron chi connectivity index (χ0n) is 15.0. The summed E-state index contributed by atoms with van der Waals surface area (Å²) in [6, 6.07) is 15.4. The number of benzene rings is 3. The molecule has 0 radical (unpaired) electrons. The molecule has 0 unspecified atom stereocenters. The summed E-state index contributed by atoms with van der Waals surface area (Å²) in [5.41, 5.74) is -0.573. The van der Waals surface area contributed by atoms with Crippen LogP contribution in [0, 0.1) is 13.8 Å². The Balaban J connectivity index is 2.01. The third-order valence-electron chi connectivity index (χ3n) is 4.14. The Morgan fingerprint density at radius 3 is 2.25 bits per heavy atom. The van der Waals surface area contributed by atoms with Gasteiger partial charge in [-0.3, -0.25) is 4.28 Å². The Bertz CT molecular complexity index is 1170. The second-order valence-corrected chi connectivity index (χ2v) is 7.82. The van der Waals surface area contributed by atoms with Gasteiger partial charge in [0, 0.05) is 5.56 Å². The number of fused-ring (bicyclic) bond motifs is 1. The van der Waals surface area contributed by atoms with E-state index in [1.807, 2.05) is 0 Å². The van der Waals surface area contributed by atoms with E-state index in [1.165, 1.54) is 31.2 Å². The summed E-state index contributed by atoms with van der Waals surface area (Å²) in [6.07, 6.45) is -4.89. The fraction of sp³-hybridized carbons (Fsp3) is 0.150. The van der Waals surface area contributed by atoms with E-state index in [-0.39, 0.29) is 10.5 Å². The molecule has 0 heterocycles. The first-order chi connectivity index (χ1) is 13.1. The van der Waals surface area contributed by atoms with Crippen LogP contribution in [0.2, 0.25) is 0 Å². The Morgan fingerprint density at radius 2 is 1.61 bits per heavy atom. The third-order valence-corrected chi connectivity index (χ3v) is 5.24. The van der Waals surface area contributed by atoms with Crippen molar-refractivity contribution >= 4 is 26.6 Å². The average Bonchev–Trinajstić information content (AvgIpc) is 2.62. The highest BCUT2D eigenvalue weighted by molar-refractivity contribution is 7.86. The van der Waals surface area contributed by atoms with Crippen molar-refractivity contribution in [3.63, 3.8) is 0 Å². The fourth-order valence-corrected chi connectivity index (χ4v) is 3.55. The molecule has 0 saturated carbocycles. The van der Waals surface area contributed by atoms with Crippen molar-refractivity contribution in [2.24, 2.45) is 5.16 Å². The molecule has 0 amide bonds. The Labute approximate surface area is 160 Å². The Kier molecular flexibility index (Phi) is 5.16. The van der Waals surface area contributed by atoms with Crippen LogP contribution in [0.5, 0.6) is 0 Å². The van der Waals surface area contributed by atoms with E-state index < -0.39 is 22.0 Å². The normalized spacial score (nSPS) is 13.0. The first-order valence-electron chi connectivity index (χ1n) is 8.23. The van der Waals surface area contributed by atoms with Gasteiger partial charge < -0.3 is 0 Å². The maximum atomic E-state index is 13.5. The first-order valence-corrected chi connectivity index (χ1v) is 9.64. The molecule has 4 nitrogen and oxygen atoms in total. The van der Waals surface area contributed by atoms with Crippen molar-refractivity contribution in [2.75, 3.05) is 0 Å². The highest BCUT2D eigenvalue weighted by Crippen LogP contribution is 2.27. The summed E-state index contributed by atoms with van der Waals surface area (Å²) in [7, 11) is -4.52. The molecular formula is C20H16F3NO3S. The van der Waals surface area contributed by atoms with Gasteiger partial charge in [-0.2, -0.15) is 21.6 Å². The summed E-state index contributed by atoms with van der Waals surface area (Å²) >= 11 is 0. The van der Waals surface area contributed by atoms with E-state index in [0.29, 0.717) is 10.9 Å². The van der Waals surface area contributed by atoms with Gasteiger partial charge in [0.2, 0.25) is 0 Å². The van der Waals surface area contributed by atoms with Crippen molar-refractivity contribution in [2.45, 2.75) is 24.9 Å². The molecule has 0 saturated heterocycles. The van der Waals surface area contributed by atoms with Gasteiger partial charge in [-0.25, -0.2) is 0 Å². The second-order valence-electron chi connectivity index (χ2n) is 6.29. The number of halogens is 3. The number of nitrogens with zero attached hydrogens (tertiary/aromatic N) is 1. The quantitative estimate of drug-likeness (QED) is 0.445. The molecule has 0 spiro atoms. The van der Waals surface area contributed by atoms with E-state index in [2.05, 4.69) is 9.44 Å². The summed E-state index contributed by atoms with van der Waals surface area (Å²) in [4.78, 5) is -0.280. The zero-order chi connectivity index (χ0) is 20.5. The highest BCUT2D eigenvalue weighted by atomic mass is 32.2. The largest absolute Gasteiger partial charge is 0.437 e. The van der Waals surface area contributed by atoms with Crippen molar-refractivity contribution in [1.29, 1.82) is 0 Å². The molecule has 146 valence electrons. The number of hydrogen-bond donors (Lipinski definition) is 0. The zero-order valence-corrected chi connectivity index (χ0v) is 15.8. The van der Waals surface area contributed by atoms with Crippen LogP contribution in [-0.4, -0.2) is 20.3 Å². The monoisotopic (exact) mass is 407 g/mol. The summed E-state index contributed by atoms with van der Waals surface area (Å²) < 4.78 is 69.6.